The van der Waals surface area contributed by atoms with Gasteiger partial charge in [-0.25, -0.2) is 4.98 Å². The molecule has 0 spiro atoms. The molecule has 0 aliphatic carbocycles. The zero-order valence-corrected chi connectivity index (χ0v) is 15.5. The molecule has 3 rings (SSSR count). The Bertz CT molecular complexity index is 959. The summed E-state index contributed by atoms with van der Waals surface area (Å²) in [6.07, 6.45) is 2.51. The lowest BCUT2D eigenvalue weighted by Gasteiger charge is -2.09. The largest absolute Gasteiger partial charge is 0.360 e. The van der Waals surface area contributed by atoms with Crippen LogP contribution in [0, 0.1) is 6.92 Å². The first-order valence-electron chi connectivity index (χ1n) is 8.60. The van der Waals surface area contributed by atoms with Crippen LogP contribution in [0.15, 0.2) is 35.0 Å². The molecule has 0 aliphatic heterocycles. The van der Waals surface area contributed by atoms with Crippen LogP contribution in [0.2, 0.25) is 0 Å². The van der Waals surface area contributed by atoms with Crippen molar-refractivity contribution in [3.8, 4) is 0 Å². The van der Waals surface area contributed by atoms with E-state index in [1.54, 1.807) is 41.8 Å². The van der Waals surface area contributed by atoms with Crippen molar-refractivity contribution in [3.63, 3.8) is 0 Å². The molecule has 27 heavy (non-hydrogen) atoms. The summed E-state index contributed by atoms with van der Waals surface area (Å²) in [5.41, 5.74) is 0.769. The van der Waals surface area contributed by atoms with Crippen molar-refractivity contribution < 1.29 is 14.1 Å². The van der Waals surface area contributed by atoms with E-state index in [4.69, 9.17) is 4.52 Å². The molecule has 142 valence electrons. The van der Waals surface area contributed by atoms with Crippen molar-refractivity contribution in [1.82, 2.24) is 24.8 Å². The van der Waals surface area contributed by atoms with Crippen LogP contribution in [0.25, 0.3) is 5.52 Å². The van der Waals surface area contributed by atoms with E-state index in [0.29, 0.717) is 23.6 Å². The summed E-state index contributed by atoms with van der Waals surface area (Å²) >= 11 is 0. The van der Waals surface area contributed by atoms with Crippen molar-refractivity contribution in [2.24, 2.45) is 0 Å². The zero-order valence-electron chi connectivity index (χ0n) is 15.5. The van der Waals surface area contributed by atoms with Gasteiger partial charge in [0.1, 0.15) is 5.76 Å². The fourth-order valence-electron chi connectivity index (χ4n) is 2.64. The molecule has 3 aromatic rings. The Balaban J connectivity index is 1.80. The number of anilines is 1. The number of imidazole rings is 1. The van der Waals surface area contributed by atoms with Crippen LogP contribution in [0.1, 0.15) is 33.3 Å². The first-order valence-corrected chi connectivity index (χ1v) is 8.60. The number of hydrogen-bond donors (Lipinski definition) is 2. The molecule has 0 aromatic carbocycles. The van der Waals surface area contributed by atoms with Gasteiger partial charge in [-0.1, -0.05) is 11.2 Å². The van der Waals surface area contributed by atoms with E-state index in [-0.39, 0.29) is 17.4 Å². The van der Waals surface area contributed by atoms with Gasteiger partial charge in [0.15, 0.2) is 11.5 Å². The van der Waals surface area contributed by atoms with Crippen LogP contribution in [0.5, 0.6) is 0 Å². The van der Waals surface area contributed by atoms with Gasteiger partial charge < -0.3 is 20.1 Å². The average Bonchev–Trinajstić information content (AvgIpc) is 3.22. The van der Waals surface area contributed by atoms with E-state index in [0.717, 1.165) is 13.0 Å². The van der Waals surface area contributed by atoms with Crippen LogP contribution >= 0.6 is 0 Å². The molecule has 2 N–H and O–H groups in total. The highest BCUT2D eigenvalue weighted by Crippen LogP contribution is 2.15. The number of carbonyl (C=O) groups is 2. The SMILES string of the molecule is Cc1cc(NC(=O)c2nc(C(=O)NCCCN(C)C)c3ccccn23)no1. The summed E-state index contributed by atoms with van der Waals surface area (Å²) in [5.74, 6) is 0.186. The van der Waals surface area contributed by atoms with Crippen LogP contribution in [0.4, 0.5) is 5.82 Å². The molecule has 9 heteroatoms. The summed E-state index contributed by atoms with van der Waals surface area (Å²) in [5, 5.41) is 9.22. The Morgan fingerprint density at radius 3 is 2.78 bits per heavy atom. The minimum absolute atomic E-state index is 0.102. The standard InChI is InChI=1S/C18H22N6O3/c1-12-11-14(22-27-12)20-18(26)16-21-15(13-7-4-5-10-24(13)16)17(25)19-8-6-9-23(2)3/h4-5,7,10-11H,6,8-9H2,1-3H3,(H,19,25)(H,20,22,26). The Morgan fingerprint density at radius 2 is 2.07 bits per heavy atom. The molecule has 0 radical (unpaired) electrons. The summed E-state index contributed by atoms with van der Waals surface area (Å²) < 4.78 is 6.52. The molecular formula is C18H22N6O3. The lowest BCUT2D eigenvalue weighted by atomic mass is 10.3. The molecular weight excluding hydrogens is 348 g/mol. The number of nitrogens with zero attached hydrogens (tertiary/aromatic N) is 4. The fraction of sp³-hybridized carbons (Fsp3) is 0.333. The number of hydrogen-bond acceptors (Lipinski definition) is 6. The predicted molar refractivity (Wildman–Crippen MR) is 99.9 cm³/mol. The minimum atomic E-state index is -0.476. The Morgan fingerprint density at radius 1 is 1.26 bits per heavy atom. The molecule has 2 amide bonds. The number of aromatic nitrogens is 3. The molecule has 3 aromatic heterocycles. The lowest BCUT2D eigenvalue weighted by Crippen LogP contribution is -2.27. The van der Waals surface area contributed by atoms with Gasteiger partial charge in [-0.05, 0) is 46.1 Å². The van der Waals surface area contributed by atoms with E-state index in [1.165, 1.54) is 0 Å². The second-order valence-electron chi connectivity index (χ2n) is 6.43. The third-order valence-corrected chi connectivity index (χ3v) is 3.90. The van der Waals surface area contributed by atoms with Gasteiger partial charge in [-0.3, -0.25) is 14.0 Å². The normalized spacial score (nSPS) is 11.1. The highest BCUT2D eigenvalue weighted by molar-refractivity contribution is 6.05. The maximum Gasteiger partial charge on any atom is 0.293 e. The molecule has 0 unspecified atom stereocenters. The zero-order chi connectivity index (χ0) is 19.4. The number of amides is 2. The average molecular weight is 370 g/mol. The fourth-order valence-corrected chi connectivity index (χ4v) is 2.64. The molecule has 0 fully saturated rings. The number of pyridine rings is 1. The molecule has 0 saturated carbocycles. The van der Waals surface area contributed by atoms with Crippen LogP contribution in [-0.4, -0.2) is 58.4 Å². The smallest absolute Gasteiger partial charge is 0.293 e. The summed E-state index contributed by atoms with van der Waals surface area (Å²) in [7, 11) is 3.96. The number of nitrogens with one attached hydrogen (secondary N) is 2. The van der Waals surface area contributed by atoms with Crippen molar-refractivity contribution >= 4 is 23.1 Å². The third kappa shape index (κ3) is 4.32. The predicted octanol–water partition coefficient (Wildman–Crippen LogP) is 1.56. The Kier molecular flexibility index (Phi) is 5.51. The third-order valence-electron chi connectivity index (χ3n) is 3.90. The van der Waals surface area contributed by atoms with Crippen molar-refractivity contribution in [1.29, 1.82) is 0 Å². The van der Waals surface area contributed by atoms with Gasteiger partial charge in [-0.2, -0.15) is 0 Å². The molecule has 0 saturated heterocycles. The lowest BCUT2D eigenvalue weighted by molar-refractivity contribution is 0.0949. The highest BCUT2D eigenvalue weighted by atomic mass is 16.5. The highest BCUT2D eigenvalue weighted by Gasteiger charge is 2.22. The number of rotatable bonds is 7. The molecule has 3 heterocycles. The maximum absolute atomic E-state index is 12.6. The van der Waals surface area contributed by atoms with Gasteiger partial charge in [0.2, 0.25) is 5.82 Å². The van der Waals surface area contributed by atoms with Crippen LogP contribution in [0.3, 0.4) is 0 Å². The van der Waals surface area contributed by atoms with Gasteiger partial charge in [0.25, 0.3) is 11.8 Å². The summed E-state index contributed by atoms with van der Waals surface area (Å²) in [6, 6.07) is 6.91. The van der Waals surface area contributed by atoms with Crippen LogP contribution < -0.4 is 10.6 Å². The second kappa shape index (κ2) is 8.00. The quantitative estimate of drug-likeness (QED) is 0.612. The van der Waals surface area contributed by atoms with E-state index in [9.17, 15) is 9.59 Å². The molecule has 9 nitrogen and oxygen atoms in total. The van der Waals surface area contributed by atoms with Crippen molar-refractivity contribution in [2.75, 3.05) is 32.5 Å². The topological polar surface area (TPSA) is 105 Å². The van der Waals surface area contributed by atoms with Crippen molar-refractivity contribution in [3.05, 3.63) is 47.7 Å². The summed E-state index contributed by atoms with van der Waals surface area (Å²) in [4.78, 5) is 31.5. The Hall–Kier alpha value is -3.20. The van der Waals surface area contributed by atoms with E-state index in [2.05, 4.69) is 20.8 Å². The second-order valence-corrected chi connectivity index (χ2v) is 6.43. The monoisotopic (exact) mass is 370 g/mol. The van der Waals surface area contributed by atoms with E-state index >= 15 is 0 Å². The van der Waals surface area contributed by atoms with Gasteiger partial charge in [0.05, 0.1) is 5.52 Å². The van der Waals surface area contributed by atoms with Gasteiger partial charge >= 0.3 is 0 Å². The maximum atomic E-state index is 12.6. The first-order chi connectivity index (χ1) is 13.0. The Labute approximate surface area is 156 Å². The number of aryl methyl sites for hydroxylation is 1. The van der Waals surface area contributed by atoms with Crippen molar-refractivity contribution in [2.45, 2.75) is 13.3 Å². The molecule has 0 aliphatic rings. The first kappa shape index (κ1) is 18.6. The van der Waals surface area contributed by atoms with Crippen LogP contribution in [-0.2, 0) is 0 Å². The minimum Gasteiger partial charge on any atom is -0.360 e. The van der Waals surface area contributed by atoms with E-state index in [1.807, 2.05) is 19.0 Å². The number of carbonyl (C=O) groups excluding carboxylic acids is 2. The van der Waals surface area contributed by atoms with E-state index < -0.39 is 5.91 Å². The van der Waals surface area contributed by atoms with Gasteiger partial charge in [0, 0.05) is 18.8 Å². The molecule has 0 atom stereocenters. The summed E-state index contributed by atoms with van der Waals surface area (Å²) in [6.45, 7) is 3.13. The molecule has 0 bridgehead atoms. The number of fused-ring (bicyclic) bond motifs is 1. The van der Waals surface area contributed by atoms with Gasteiger partial charge in [-0.15, -0.1) is 0 Å².